The standard InChI is InChI=1S/C16H24N4/c1-3-20(4-2)15(14-8-6-5-7-9-14)12-17-13-16-18-10-11-19-16/h5-11,15,17H,3-4,12-13H2,1-2H3,(H,18,19). The van der Waals surface area contributed by atoms with Crippen molar-refractivity contribution < 1.29 is 0 Å². The number of hydrogen-bond acceptors (Lipinski definition) is 3. The summed E-state index contributed by atoms with van der Waals surface area (Å²) in [6, 6.07) is 11.1. The number of H-pyrrole nitrogens is 1. The molecule has 0 aliphatic carbocycles. The largest absolute Gasteiger partial charge is 0.348 e. The normalized spacial score (nSPS) is 12.8. The van der Waals surface area contributed by atoms with Crippen LogP contribution in [0.1, 0.15) is 31.3 Å². The molecule has 2 aromatic rings. The number of aromatic nitrogens is 2. The second-order valence-electron chi connectivity index (χ2n) is 4.81. The number of imidazole rings is 1. The molecule has 0 amide bonds. The highest BCUT2D eigenvalue weighted by Crippen LogP contribution is 2.19. The van der Waals surface area contributed by atoms with E-state index in [0.29, 0.717) is 6.04 Å². The lowest BCUT2D eigenvalue weighted by Crippen LogP contribution is -2.35. The summed E-state index contributed by atoms with van der Waals surface area (Å²) < 4.78 is 0. The second kappa shape index (κ2) is 7.82. The van der Waals surface area contributed by atoms with Gasteiger partial charge in [-0.15, -0.1) is 0 Å². The van der Waals surface area contributed by atoms with Crippen LogP contribution in [0.3, 0.4) is 0 Å². The van der Waals surface area contributed by atoms with Crippen LogP contribution in [-0.4, -0.2) is 34.5 Å². The van der Waals surface area contributed by atoms with Gasteiger partial charge in [0.25, 0.3) is 0 Å². The van der Waals surface area contributed by atoms with Crippen molar-refractivity contribution >= 4 is 0 Å². The molecule has 0 fully saturated rings. The first-order chi connectivity index (χ1) is 9.85. The van der Waals surface area contributed by atoms with Crippen LogP contribution in [0.4, 0.5) is 0 Å². The monoisotopic (exact) mass is 272 g/mol. The Bertz CT molecular complexity index is 462. The summed E-state index contributed by atoms with van der Waals surface area (Å²) in [6.45, 7) is 8.24. The molecule has 0 aliphatic rings. The fraction of sp³-hybridized carbons (Fsp3) is 0.438. The average molecular weight is 272 g/mol. The highest BCUT2D eigenvalue weighted by Gasteiger charge is 2.17. The molecule has 0 spiro atoms. The topological polar surface area (TPSA) is 44.0 Å². The van der Waals surface area contributed by atoms with Crippen molar-refractivity contribution in [3.63, 3.8) is 0 Å². The molecule has 108 valence electrons. The Hall–Kier alpha value is -1.65. The van der Waals surface area contributed by atoms with Crippen LogP contribution in [0.2, 0.25) is 0 Å². The molecular weight excluding hydrogens is 248 g/mol. The molecule has 1 atom stereocenters. The predicted octanol–water partition coefficient (Wildman–Crippen LogP) is 2.58. The van der Waals surface area contributed by atoms with Crippen molar-refractivity contribution in [2.45, 2.75) is 26.4 Å². The van der Waals surface area contributed by atoms with Crippen LogP contribution < -0.4 is 5.32 Å². The SMILES string of the molecule is CCN(CC)C(CNCc1ncc[nH]1)c1ccccc1. The van der Waals surface area contributed by atoms with E-state index in [4.69, 9.17) is 0 Å². The molecule has 4 nitrogen and oxygen atoms in total. The lowest BCUT2D eigenvalue weighted by Gasteiger charge is -2.30. The average Bonchev–Trinajstić information content (AvgIpc) is 3.01. The second-order valence-corrected chi connectivity index (χ2v) is 4.81. The fourth-order valence-electron chi connectivity index (χ4n) is 2.52. The van der Waals surface area contributed by atoms with E-state index in [-0.39, 0.29) is 0 Å². The molecule has 20 heavy (non-hydrogen) atoms. The number of likely N-dealkylation sites (N-methyl/N-ethyl adjacent to an activating group) is 1. The maximum Gasteiger partial charge on any atom is 0.120 e. The molecule has 4 heteroatoms. The lowest BCUT2D eigenvalue weighted by molar-refractivity contribution is 0.212. The number of aromatic amines is 1. The van der Waals surface area contributed by atoms with Crippen molar-refractivity contribution in [2.75, 3.05) is 19.6 Å². The number of nitrogens with one attached hydrogen (secondary N) is 2. The van der Waals surface area contributed by atoms with Crippen LogP contribution >= 0.6 is 0 Å². The highest BCUT2D eigenvalue weighted by atomic mass is 15.2. The summed E-state index contributed by atoms with van der Waals surface area (Å²) in [7, 11) is 0. The highest BCUT2D eigenvalue weighted by molar-refractivity contribution is 5.19. The Balaban J connectivity index is 1.99. The van der Waals surface area contributed by atoms with E-state index >= 15 is 0 Å². The van der Waals surface area contributed by atoms with E-state index in [1.54, 1.807) is 6.20 Å². The first-order valence-electron chi connectivity index (χ1n) is 7.33. The third-order valence-electron chi connectivity index (χ3n) is 3.62. The summed E-state index contributed by atoms with van der Waals surface area (Å²) in [5.41, 5.74) is 1.36. The van der Waals surface area contributed by atoms with E-state index in [2.05, 4.69) is 64.4 Å². The Morgan fingerprint density at radius 3 is 2.55 bits per heavy atom. The van der Waals surface area contributed by atoms with Crippen molar-refractivity contribution in [1.29, 1.82) is 0 Å². The minimum absolute atomic E-state index is 0.404. The zero-order chi connectivity index (χ0) is 14.2. The van der Waals surface area contributed by atoms with Crippen LogP contribution in [0.25, 0.3) is 0 Å². The van der Waals surface area contributed by atoms with E-state index in [1.165, 1.54) is 5.56 Å². The zero-order valence-corrected chi connectivity index (χ0v) is 12.3. The molecule has 0 radical (unpaired) electrons. The lowest BCUT2D eigenvalue weighted by atomic mass is 10.1. The third kappa shape index (κ3) is 3.92. The van der Waals surface area contributed by atoms with Crippen molar-refractivity contribution in [2.24, 2.45) is 0 Å². The van der Waals surface area contributed by atoms with E-state index in [9.17, 15) is 0 Å². The van der Waals surface area contributed by atoms with Crippen molar-refractivity contribution in [1.82, 2.24) is 20.2 Å². The molecule has 1 aromatic carbocycles. The molecule has 0 bridgehead atoms. The Kier molecular flexibility index (Phi) is 5.77. The third-order valence-corrected chi connectivity index (χ3v) is 3.62. The van der Waals surface area contributed by atoms with Gasteiger partial charge in [0.2, 0.25) is 0 Å². The molecule has 1 aromatic heterocycles. The van der Waals surface area contributed by atoms with Gasteiger partial charge < -0.3 is 10.3 Å². The molecule has 1 unspecified atom stereocenters. The van der Waals surface area contributed by atoms with Gasteiger partial charge in [-0.1, -0.05) is 44.2 Å². The first kappa shape index (κ1) is 14.8. The van der Waals surface area contributed by atoms with Gasteiger partial charge in [-0.3, -0.25) is 4.90 Å². The van der Waals surface area contributed by atoms with Gasteiger partial charge in [0.05, 0.1) is 6.54 Å². The van der Waals surface area contributed by atoms with E-state index in [0.717, 1.165) is 32.0 Å². The molecule has 0 saturated heterocycles. The molecular formula is C16H24N4. The number of rotatable bonds is 8. The summed E-state index contributed by atoms with van der Waals surface area (Å²) in [5.74, 6) is 0.983. The molecule has 2 N–H and O–H groups in total. The molecule has 0 aliphatic heterocycles. The van der Waals surface area contributed by atoms with Crippen molar-refractivity contribution in [3.8, 4) is 0 Å². The van der Waals surface area contributed by atoms with E-state index < -0.39 is 0 Å². The Morgan fingerprint density at radius 2 is 1.95 bits per heavy atom. The fourth-order valence-corrected chi connectivity index (χ4v) is 2.52. The number of nitrogens with zero attached hydrogens (tertiary/aromatic N) is 2. The summed E-state index contributed by atoms with van der Waals surface area (Å²) in [4.78, 5) is 9.84. The smallest absolute Gasteiger partial charge is 0.120 e. The van der Waals surface area contributed by atoms with Gasteiger partial charge in [0.15, 0.2) is 0 Å². The minimum atomic E-state index is 0.404. The maximum atomic E-state index is 4.24. The zero-order valence-electron chi connectivity index (χ0n) is 12.3. The van der Waals surface area contributed by atoms with Crippen LogP contribution in [0.5, 0.6) is 0 Å². The Morgan fingerprint density at radius 1 is 1.20 bits per heavy atom. The minimum Gasteiger partial charge on any atom is -0.348 e. The predicted molar refractivity (Wildman–Crippen MR) is 82.4 cm³/mol. The van der Waals surface area contributed by atoms with Gasteiger partial charge in [-0.05, 0) is 18.7 Å². The molecule has 1 heterocycles. The summed E-state index contributed by atoms with van der Waals surface area (Å²) >= 11 is 0. The van der Waals surface area contributed by atoms with Gasteiger partial charge in [-0.2, -0.15) is 0 Å². The molecule has 2 rings (SSSR count). The van der Waals surface area contributed by atoms with Crippen molar-refractivity contribution in [3.05, 3.63) is 54.1 Å². The molecule has 0 saturated carbocycles. The van der Waals surface area contributed by atoms with Crippen LogP contribution in [-0.2, 0) is 6.54 Å². The first-order valence-corrected chi connectivity index (χ1v) is 7.33. The van der Waals surface area contributed by atoms with Gasteiger partial charge in [-0.25, -0.2) is 4.98 Å². The Labute approximate surface area is 121 Å². The van der Waals surface area contributed by atoms with Gasteiger partial charge >= 0.3 is 0 Å². The maximum absolute atomic E-state index is 4.24. The summed E-state index contributed by atoms with van der Waals surface area (Å²) in [6.07, 6.45) is 3.65. The van der Waals surface area contributed by atoms with Gasteiger partial charge in [0, 0.05) is 25.0 Å². The van der Waals surface area contributed by atoms with Crippen LogP contribution in [0.15, 0.2) is 42.7 Å². The van der Waals surface area contributed by atoms with Gasteiger partial charge in [0.1, 0.15) is 5.82 Å². The van der Waals surface area contributed by atoms with Crippen LogP contribution in [0, 0.1) is 0 Å². The van der Waals surface area contributed by atoms with E-state index in [1.807, 2.05) is 6.20 Å². The number of benzene rings is 1. The summed E-state index contributed by atoms with van der Waals surface area (Å²) in [5, 5.41) is 3.50. The quantitative estimate of drug-likeness (QED) is 0.776. The number of hydrogen-bond donors (Lipinski definition) is 2.